The predicted octanol–water partition coefficient (Wildman–Crippen LogP) is 2.02. The van der Waals surface area contributed by atoms with Gasteiger partial charge in [0.15, 0.2) is 23.1 Å². The van der Waals surface area contributed by atoms with Crippen molar-refractivity contribution in [2.24, 2.45) is 0 Å². The van der Waals surface area contributed by atoms with Crippen LogP contribution in [-0.4, -0.2) is 28.6 Å². The number of carbonyl (C=O) groups excluding carboxylic acids is 4. The largest absolute Gasteiger partial charge is 0.504 e. The molecule has 25 heavy (non-hydrogen) atoms. The minimum Gasteiger partial charge on any atom is -0.504 e. The van der Waals surface area contributed by atoms with Crippen molar-refractivity contribution in [2.45, 2.75) is 13.8 Å². The summed E-state index contributed by atoms with van der Waals surface area (Å²) in [6.45, 7) is 2.22. The summed E-state index contributed by atoms with van der Waals surface area (Å²) in [7, 11) is 0. The fourth-order valence-electron chi connectivity index (χ4n) is 2.69. The number of benzene rings is 2. The van der Waals surface area contributed by atoms with Gasteiger partial charge < -0.3 is 14.6 Å². The topological polar surface area (TPSA) is 107 Å². The van der Waals surface area contributed by atoms with Gasteiger partial charge >= 0.3 is 11.9 Å². The summed E-state index contributed by atoms with van der Waals surface area (Å²) in [6, 6.07) is 7.12. The Labute approximate surface area is 141 Å². The highest BCUT2D eigenvalue weighted by Gasteiger charge is 2.37. The van der Waals surface area contributed by atoms with Crippen LogP contribution in [0, 0.1) is 0 Å². The molecule has 0 unspecified atom stereocenters. The molecule has 0 radical (unpaired) electrons. The zero-order chi connectivity index (χ0) is 18.3. The molecule has 0 saturated heterocycles. The summed E-state index contributed by atoms with van der Waals surface area (Å²) in [5.41, 5.74) is -0.372. The molecule has 2 aromatic carbocycles. The van der Waals surface area contributed by atoms with Gasteiger partial charge in [0.2, 0.25) is 0 Å². The van der Waals surface area contributed by atoms with E-state index in [4.69, 9.17) is 9.47 Å². The maximum atomic E-state index is 12.8. The van der Waals surface area contributed by atoms with E-state index in [1.54, 1.807) is 12.1 Å². The van der Waals surface area contributed by atoms with Gasteiger partial charge in [-0.2, -0.15) is 0 Å². The van der Waals surface area contributed by atoms with E-state index >= 15 is 0 Å². The number of carbonyl (C=O) groups is 4. The summed E-state index contributed by atoms with van der Waals surface area (Å²) in [4.78, 5) is 48.1. The van der Waals surface area contributed by atoms with Gasteiger partial charge in [-0.3, -0.25) is 19.2 Å². The third-order valence-corrected chi connectivity index (χ3v) is 3.61. The van der Waals surface area contributed by atoms with Crippen LogP contribution in [0.4, 0.5) is 0 Å². The average molecular weight is 340 g/mol. The zero-order valence-electron chi connectivity index (χ0n) is 13.3. The summed E-state index contributed by atoms with van der Waals surface area (Å²) in [5, 5.41) is 10.4. The number of hydrogen-bond donors (Lipinski definition) is 1. The Kier molecular flexibility index (Phi) is 3.84. The summed E-state index contributed by atoms with van der Waals surface area (Å²) in [6.07, 6.45) is 0. The monoisotopic (exact) mass is 340 g/mol. The van der Waals surface area contributed by atoms with Crippen molar-refractivity contribution in [2.75, 3.05) is 0 Å². The molecule has 0 aliphatic heterocycles. The highest BCUT2D eigenvalue weighted by Crippen LogP contribution is 2.44. The molecule has 7 heteroatoms. The van der Waals surface area contributed by atoms with Crippen molar-refractivity contribution in [3.05, 3.63) is 52.6 Å². The van der Waals surface area contributed by atoms with Crippen molar-refractivity contribution >= 4 is 23.5 Å². The van der Waals surface area contributed by atoms with Gasteiger partial charge in [-0.15, -0.1) is 0 Å². The van der Waals surface area contributed by atoms with E-state index in [0.717, 1.165) is 19.9 Å². The molecule has 0 heterocycles. The fraction of sp³-hybridized carbons (Fsp3) is 0.111. The maximum Gasteiger partial charge on any atom is 0.308 e. The first-order valence-electron chi connectivity index (χ1n) is 7.26. The maximum absolute atomic E-state index is 12.8. The molecule has 0 atom stereocenters. The average Bonchev–Trinajstić information content (AvgIpc) is 2.54. The fourth-order valence-corrected chi connectivity index (χ4v) is 2.69. The number of phenols is 1. The van der Waals surface area contributed by atoms with Crippen LogP contribution in [0.1, 0.15) is 45.7 Å². The molecular formula is C18H12O7. The first-order chi connectivity index (χ1) is 11.8. The molecule has 0 amide bonds. The van der Waals surface area contributed by atoms with Crippen molar-refractivity contribution in [1.82, 2.24) is 0 Å². The van der Waals surface area contributed by atoms with Crippen LogP contribution in [0.5, 0.6) is 17.2 Å². The summed E-state index contributed by atoms with van der Waals surface area (Å²) >= 11 is 0. The Morgan fingerprint density at radius 1 is 0.840 bits per heavy atom. The van der Waals surface area contributed by atoms with Crippen LogP contribution in [-0.2, 0) is 9.59 Å². The molecule has 126 valence electrons. The van der Waals surface area contributed by atoms with Crippen molar-refractivity contribution in [3.8, 4) is 17.2 Å². The van der Waals surface area contributed by atoms with Crippen LogP contribution >= 0.6 is 0 Å². The lowest BCUT2D eigenvalue weighted by atomic mass is 9.83. The first-order valence-corrected chi connectivity index (χ1v) is 7.26. The van der Waals surface area contributed by atoms with E-state index in [1.165, 1.54) is 12.1 Å². The summed E-state index contributed by atoms with van der Waals surface area (Å²) < 4.78 is 9.87. The molecule has 2 aromatic rings. The lowest BCUT2D eigenvalue weighted by Gasteiger charge is -2.21. The molecular weight excluding hydrogens is 328 g/mol. The number of ketones is 2. The Morgan fingerprint density at radius 3 is 1.84 bits per heavy atom. The minimum atomic E-state index is -0.751. The van der Waals surface area contributed by atoms with Crippen molar-refractivity contribution in [1.29, 1.82) is 0 Å². The molecule has 3 rings (SSSR count). The highest BCUT2D eigenvalue weighted by atomic mass is 16.5. The van der Waals surface area contributed by atoms with Crippen LogP contribution in [0.15, 0.2) is 30.3 Å². The SMILES string of the molecule is CC(=O)Oc1cc(OC(C)=O)c2c(c1O)C(=O)c1ccccc1C2=O. The quantitative estimate of drug-likeness (QED) is 0.562. The van der Waals surface area contributed by atoms with Gasteiger partial charge in [0.05, 0.1) is 11.1 Å². The van der Waals surface area contributed by atoms with Gasteiger partial charge in [-0.05, 0) is 0 Å². The van der Waals surface area contributed by atoms with Crippen molar-refractivity contribution in [3.63, 3.8) is 0 Å². The third kappa shape index (κ3) is 2.65. The van der Waals surface area contributed by atoms with E-state index in [0.29, 0.717) is 0 Å². The molecule has 0 fully saturated rings. The molecule has 1 aliphatic carbocycles. The number of ether oxygens (including phenoxy) is 2. The van der Waals surface area contributed by atoms with Gasteiger partial charge in [-0.25, -0.2) is 0 Å². The Morgan fingerprint density at radius 2 is 1.32 bits per heavy atom. The van der Waals surface area contributed by atoms with Crippen molar-refractivity contribution < 1.29 is 33.8 Å². The third-order valence-electron chi connectivity index (χ3n) is 3.61. The Bertz CT molecular complexity index is 956. The molecule has 1 N–H and O–H groups in total. The van der Waals surface area contributed by atoms with E-state index in [9.17, 15) is 24.3 Å². The summed E-state index contributed by atoms with van der Waals surface area (Å²) in [5.74, 6) is -3.99. The second-order valence-electron chi connectivity index (χ2n) is 5.36. The van der Waals surface area contributed by atoms with Crippen LogP contribution in [0.3, 0.4) is 0 Å². The number of rotatable bonds is 2. The second kappa shape index (κ2) is 5.86. The number of hydrogen-bond acceptors (Lipinski definition) is 7. The second-order valence-corrected chi connectivity index (χ2v) is 5.36. The lowest BCUT2D eigenvalue weighted by Crippen LogP contribution is -2.23. The van der Waals surface area contributed by atoms with E-state index in [2.05, 4.69) is 0 Å². The Hall–Kier alpha value is -3.48. The standard InChI is InChI=1S/C18H12O7/c1-8(19)24-12-7-13(25-9(2)20)18(23)15-14(12)16(21)10-5-3-4-6-11(10)17(15)22/h3-7,23H,1-2H3. The highest BCUT2D eigenvalue weighted by molar-refractivity contribution is 6.30. The molecule has 0 bridgehead atoms. The van der Waals surface area contributed by atoms with E-state index in [1.807, 2.05) is 0 Å². The van der Waals surface area contributed by atoms with Crippen LogP contribution in [0.25, 0.3) is 0 Å². The van der Waals surface area contributed by atoms with Gasteiger partial charge in [0, 0.05) is 31.0 Å². The van der Waals surface area contributed by atoms with Gasteiger partial charge in [-0.1, -0.05) is 24.3 Å². The predicted molar refractivity (Wildman–Crippen MR) is 84.0 cm³/mol. The molecule has 0 saturated carbocycles. The van der Waals surface area contributed by atoms with Crippen LogP contribution < -0.4 is 9.47 Å². The zero-order valence-corrected chi connectivity index (χ0v) is 13.3. The van der Waals surface area contributed by atoms with Gasteiger partial charge in [0.1, 0.15) is 5.75 Å². The number of aromatic hydroxyl groups is 1. The number of esters is 2. The molecule has 1 aliphatic rings. The lowest BCUT2D eigenvalue weighted by molar-refractivity contribution is -0.132. The smallest absolute Gasteiger partial charge is 0.308 e. The minimum absolute atomic E-state index is 0.101. The normalized spacial score (nSPS) is 12.2. The first kappa shape index (κ1) is 16.4. The van der Waals surface area contributed by atoms with Crippen LogP contribution in [0.2, 0.25) is 0 Å². The molecule has 7 nitrogen and oxygen atoms in total. The number of fused-ring (bicyclic) bond motifs is 2. The van der Waals surface area contributed by atoms with E-state index in [-0.39, 0.29) is 33.8 Å². The number of phenolic OH excluding ortho intramolecular Hbond substituents is 1. The van der Waals surface area contributed by atoms with E-state index < -0.39 is 29.3 Å². The molecule has 0 spiro atoms. The Balaban J connectivity index is 2.33. The van der Waals surface area contributed by atoms with Gasteiger partial charge in [0.25, 0.3) is 0 Å². The molecule has 0 aromatic heterocycles.